The second kappa shape index (κ2) is 10.3. The van der Waals surface area contributed by atoms with E-state index in [2.05, 4.69) is 5.32 Å². The molecule has 2 rings (SSSR count). The first-order chi connectivity index (χ1) is 11.7. The number of benzene rings is 1. The van der Waals surface area contributed by atoms with Crippen LogP contribution in [-0.4, -0.2) is 50.8 Å². The van der Waals surface area contributed by atoms with E-state index in [1.807, 2.05) is 36.1 Å². The molecule has 5 nitrogen and oxygen atoms in total. The highest BCUT2D eigenvalue weighted by Crippen LogP contribution is 2.19. The Hall–Kier alpha value is -1.59. The van der Waals surface area contributed by atoms with Gasteiger partial charge in [0.25, 0.3) is 0 Å². The van der Waals surface area contributed by atoms with Gasteiger partial charge in [-0.05, 0) is 57.0 Å². The monoisotopic (exact) mass is 334 g/mol. The zero-order valence-electron chi connectivity index (χ0n) is 14.9. The molecule has 1 aromatic rings. The van der Waals surface area contributed by atoms with Crippen molar-refractivity contribution in [2.24, 2.45) is 5.92 Å². The predicted octanol–water partition coefficient (Wildman–Crippen LogP) is 2.45. The van der Waals surface area contributed by atoms with Crippen LogP contribution in [-0.2, 0) is 16.1 Å². The molecule has 1 aliphatic heterocycles. The lowest BCUT2D eigenvalue weighted by Gasteiger charge is -2.27. The van der Waals surface area contributed by atoms with Crippen molar-refractivity contribution in [3.05, 3.63) is 29.8 Å². The van der Waals surface area contributed by atoms with Crippen molar-refractivity contribution in [1.29, 1.82) is 0 Å². The summed E-state index contributed by atoms with van der Waals surface area (Å²) in [6.45, 7) is 6.39. The number of carbonyl (C=O) groups is 1. The maximum Gasteiger partial charge on any atom is 0.226 e. The first-order valence-corrected chi connectivity index (χ1v) is 8.94. The zero-order valence-corrected chi connectivity index (χ0v) is 14.9. The van der Waals surface area contributed by atoms with E-state index in [1.54, 1.807) is 7.11 Å². The summed E-state index contributed by atoms with van der Waals surface area (Å²) in [4.78, 5) is 14.9. The number of methoxy groups -OCH3 is 1. The van der Waals surface area contributed by atoms with Crippen molar-refractivity contribution in [1.82, 2.24) is 10.2 Å². The topological polar surface area (TPSA) is 50.8 Å². The Labute approximate surface area is 145 Å². The third-order valence-corrected chi connectivity index (χ3v) is 4.41. The van der Waals surface area contributed by atoms with Crippen LogP contribution in [0.3, 0.4) is 0 Å². The summed E-state index contributed by atoms with van der Waals surface area (Å²) >= 11 is 0. The molecule has 0 unspecified atom stereocenters. The smallest absolute Gasteiger partial charge is 0.226 e. The fourth-order valence-corrected chi connectivity index (χ4v) is 3.07. The van der Waals surface area contributed by atoms with Gasteiger partial charge in [0.2, 0.25) is 5.91 Å². The molecule has 1 saturated heterocycles. The van der Waals surface area contributed by atoms with Gasteiger partial charge in [0.05, 0.1) is 13.2 Å². The summed E-state index contributed by atoms with van der Waals surface area (Å²) in [5.74, 6) is 1.25. The number of nitrogens with zero attached hydrogens (tertiary/aromatic N) is 1. The van der Waals surface area contributed by atoms with Crippen molar-refractivity contribution in [2.45, 2.75) is 32.7 Å². The minimum absolute atomic E-state index is 0.125. The number of nitrogens with one attached hydrogen (secondary N) is 1. The van der Waals surface area contributed by atoms with Crippen LogP contribution in [0.1, 0.15) is 31.7 Å². The summed E-state index contributed by atoms with van der Waals surface area (Å²) in [5, 5.41) is 3.37. The van der Waals surface area contributed by atoms with Gasteiger partial charge in [-0.2, -0.15) is 0 Å². The predicted molar refractivity (Wildman–Crippen MR) is 95.1 cm³/mol. The van der Waals surface area contributed by atoms with Gasteiger partial charge in [-0.3, -0.25) is 4.79 Å². The van der Waals surface area contributed by atoms with Crippen LogP contribution >= 0.6 is 0 Å². The molecule has 0 bridgehead atoms. The molecule has 0 radical (unpaired) electrons. The molecule has 1 atom stereocenters. The molecular formula is C19H30N2O3. The molecule has 1 heterocycles. The lowest BCUT2D eigenvalue weighted by atomic mass is 9.98. The van der Waals surface area contributed by atoms with Gasteiger partial charge in [0.1, 0.15) is 5.75 Å². The van der Waals surface area contributed by atoms with E-state index in [-0.39, 0.29) is 11.8 Å². The minimum Gasteiger partial charge on any atom is -0.494 e. The third kappa shape index (κ3) is 5.80. The van der Waals surface area contributed by atoms with E-state index in [0.29, 0.717) is 26.3 Å². The molecule has 0 aliphatic carbocycles. The van der Waals surface area contributed by atoms with Gasteiger partial charge in [0.15, 0.2) is 0 Å². The maximum absolute atomic E-state index is 12.9. The van der Waals surface area contributed by atoms with Crippen LogP contribution in [0.4, 0.5) is 0 Å². The van der Waals surface area contributed by atoms with Crippen LogP contribution in [0.15, 0.2) is 24.3 Å². The highest BCUT2D eigenvalue weighted by Gasteiger charge is 2.25. The number of hydrogen-bond donors (Lipinski definition) is 1. The van der Waals surface area contributed by atoms with E-state index in [1.165, 1.54) is 0 Å². The van der Waals surface area contributed by atoms with Crippen molar-refractivity contribution < 1.29 is 14.3 Å². The number of rotatable bonds is 8. The maximum atomic E-state index is 12.9. The molecule has 24 heavy (non-hydrogen) atoms. The first-order valence-electron chi connectivity index (χ1n) is 8.94. The normalized spacial score (nSPS) is 18.0. The van der Waals surface area contributed by atoms with E-state index in [9.17, 15) is 4.79 Å². The van der Waals surface area contributed by atoms with Gasteiger partial charge in [-0.15, -0.1) is 0 Å². The summed E-state index contributed by atoms with van der Waals surface area (Å²) in [6.07, 6.45) is 2.96. The molecule has 0 saturated carbocycles. The number of carbonyl (C=O) groups excluding carboxylic acids is 1. The SMILES string of the molecule is CCOc1ccc(CN(CCOC)C(=O)[C@H]2CCCNCC2)cc1. The van der Waals surface area contributed by atoms with Gasteiger partial charge >= 0.3 is 0 Å². The Morgan fingerprint density at radius 3 is 2.75 bits per heavy atom. The second-order valence-corrected chi connectivity index (χ2v) is 6.21. The van der Waals surface area contributed by atoms with E-state index < -0.39 is 0 Å². The fraction of sp³-hybridized carbons (Fsp3) is 0.632. The number of amides is 1. The van der Waals surface area contributed by atoms with Crippen LogP contribution in [0.2, 0.25) is 0 Å². The summed E-state index contributed by atoms with van der Waals surface area (Å²) in [7, 11) is 1.68. The van der Waals surface area contributed by atoms with Crippen LogP contribution in [0.25, 0.3) is 0 Å². The van der Waals surface area contributed by atoms with Crippen molar-refractivity contribution in [3.63, 3.8) is 0 Å². The highest BCUT2D eigenvalue weighted by molar-refractivity contribution is 5.79. The molecule has 1 aliphatic rings. The van der Waals surface area contributed by atoms with E-state index in [0.717, 1.165) is 43.7 Å². The van der Waals surface area contributed by atoms with Crippen LogP contribution < -0.4 is 10.1 Å². The summed E-state index contributed by atoms with van der Waals surface area (Å²) in [6, 6.07) is 8.00. The van der Waals surface area contributed by atoms with E-state index >= 15 is 0 Å². The Morgan fingerprint density at radius 1 is 1.25 bits per heavy atom. The number of hydrogen-bond acceptors (Lipinski definition) is 4. The van der Waals surface area contributed by atoms with Crippen molar-refractivity contribution in [2.75, 3.05) is 40.0 Å². The largest absolute Gasteiger partial charge is 0.494 e. The zero-order chi connectivity index (χ0) is 17.2. The molecule has 134 valence electrons. The van der Waals surface area contributed by atoms with Crippen molar-refractivity contribution in [3.8, 4) is 5.75 Å². The lowest BCUT2D eigenvalue weighted by molar-refractivity contribution is -0.137. The second-order valence-electron chi connectivity index (χ2n) is 6.21. The van der Waals surface area contributed by atoms with E-state index in [4.69, 9.17) is 9.47 Å². The lowest BCUT2D eigenvalue weighted by Crippen LogP contribution is -2.38. The third-order valence-electron chi connectivity index (χ3n) is 4.41. The Morgan fingerprint density at radius 2 is 2.04 bits per heavy atom. The van der Waals surface area contributed by atoms with Crippen LogP contribution in [0, 0.1) is 5.92 Å². The molecule has 5 heteroatoms. The average Bonchev–Trinajstić information content (AvgIpc) is 2.89. The highest BCUT2D eigenvalue weighted by atomic mass is 16.5. The summed E-state index contributed by atoms with van der Waals surface area (Å²) < 4.78 is 10.7. The molecule has 0 spiro atoms. The Bertz CT molecular complexity index is 482. The molecular weight excluding hydrogens is 304 g/mol. The van der Waals surface area contributed by atoms with Gasteiger partial charge < -0.3 is 19.7 Å². The van der Waals surface area contributed by atoms with Crippen molar-refractivity contribution >= 4 is 5.91 Å². The van der Waals surface area contributed by atoms with Crippen LogP contribution in [0.5, 0.6) is 5.75 Å². The van der Waals surface area contributed by atoms with Gasteiger partial charge in [-0.1, -0.05) is 12.1 Å². The molecule has 1 amide bonds. The quantitative estimate of drug-likeness (QED) is 0.793. The molecule has 1 aromatic carbocycles. The minimum atomic E-state index is 0.125. The standard InChI is InChI=1S/C19H30N2O3/c1-3-24-18-8-6-16(7-9-18)15-21(13-14-23-2)19(22)17-5-4-11-20-12-10-17/h6-9,17,20H,3-5,10-15H2,1-2H3/t17-/m0/s1. The Kier molecular flexibility index (Phi) is 8.05. The first kappa shape index (κ1) is 18.7. The average molecular weight is 334 g/mol. The van der Waals surface area contributed by atoms with Gasteiger partial charge in [-0.25, -0.2) is 0 Å². The molecule has 0 aromatic heterocycles. The fourth-order valence-electron chi connectivity index (χ4n) is 3.07. The summed E-state index contributed by atoms with van der Waals surface area (Å²) in [5.41, 5.74) is 1.12. The molecule has 1 fully saturated rings. The Balaban J connectivity index is 2.01. The van der Waals surface area contributed by atoms with Gasteiger partial charge in [0, 0.05) is 26.1 Å². The molecule has 1 N–H and O–H groups in total. The number of ether oxygens (including phenoxy) is 2.